The minimum absolute atomic E-state index is 0.419. The summed E-state index contributed by atoms with van der Waals surface area (Å²) in [6.45, 7) is 5.65. The SMILES string of the molecule is CN1CCN(CCC2(N)C=C3C=CC=CN3N2)CC1. The van der Waals surface area contributed by atoms with E-state index in [2.05, 4.69) is 34.4 Å². The molecule has 3 rings (SSSR count). The standard InChI is InChI=1S/C14H23N5/c1-17-8-10-18(11-9-17)7-5-14(15)12-13-4-2-3-6-19(13)16-14/h2-4,6,12,16H,5,7-11,15H2,1H3. The zero-order chi connectivity index (χ0) is 13.3. The molecule has 3 aliphatic heterocycles. The first-order valence-electron chi connectivity index (χ1n) is 6.99. The molecule has 0 aromatic heterocycles. The molecule has 0 spiro atoms. The predicted molar refractivity (Wildman–Crippen MR) is 76.8 cm³/mol. The summed E-state index contributed by atoms with van der Waals surface area (Å²) >= 11 is 0. The zero-order valence-corrected chi connectivity index (χ0v) is 11.5. The van der Waals surface area contributed by atoms with Gasteiger partial charge in [-0.2, -0.15) is 0 Å². The van der Waals surface area contributed by atoms with E-state index in [0.717, 1.165) is 44.8 Å². The van der Waals surface area contributed by atoms with Crippen molar-refractivity contribution in [3.05, 3.63) is 36.2 Å². The quantitative estimate of drug-likeness (QED) is 0.753. The molecule has 0 bridgehead atoms. The van der Waals surface area contributed by atoms with Crippen molar-refractivity contribution < 1.29 is 0 Å². The molecular weight excluding hydrogens is 238 g/mol. The Morgan fingerprint density at radius 2 is 2.05 bits per heavy atom. The molecule has 0 aromatic carbocycles. The zero-order valence-electron chi connectivity index (χ0n) is 11.5. The molecule has 104 valence electrons. The molecule has 3 heterocycles. The van der Waals surface area contributed by atoms with Gasteiger partial charge in [-0.05, 0) is 31.7 Å². The number of fused-ring (bicyclic) bond motifs is 1. The van der Waals surface area contributed by atoms with Gasteiger partial charge in [-0.1, -0.05) is 6.08 Å². The first-order chi connectivity index (χ1) is 9.15. The fourth-order valence-corrected chi connectivity index (χ4v) is 2.74. The number of allylic oxidation sites excluding steroid dienone is 3. The molecule has 3 aliphatic rings. The first-order valence-corrected chi connectivity index (χ1v) is 6.99. The Hall–Kier alpha value is -1.14. The van der Waals surface area contributed by atoms with E-state index in [1.165, 1.54) is 0 Å². The number of hydrazine groups is 1. The second-order valence-corrected chi connectivity index (χ2v) is 5.69. The van der Waals surface area contributed by atoms with E-state index < -0.39 is 5.66 Å². The molecule has 3 N–H and O–H groups in total. The minimum Gasteiger partial charge on any atom is -0.309 e. The van der Waals surface area contributed by atoms with Crippen LogP contribution in [0.15, 0.2) is 36.2 Å². The molecule has 0 aromatic rings. The van der Waals surface area contributed by atoms with Crippen LogP contribution in [0.25, 0.3) is 0 Å². The third kappa shape index (κ3) is 2.90. The van der Waals surface area contributed by atoms with Gasteiger partial charge in [0.15, 0.2) is 0 Å². The molecule has 0 amide bonds. The lowest BCUT2D eigenvalue weighted by atomic mass is 10.1. The van der Waals surface area contributed by atoms with Crippen LogP contribution in [0.1, 0.15) is 6.42 Å². The topological polar surface area (TPSA) is 47.8 Å². The third-order valence-electron chi connectivity index (χ3n) is 4.06. The second-order valence-electron chi connectivity index (χ2n) is 5.69. The minimum atomic E-state index is -0.419. The van der Waals surface area contributed by atoms with Crippen LogP contribution in [0.5, 0.6) is 0 Å². The number of piperazine rings is 1. The molecule has 19 heavy (non-hydrogen) atoms. The highest BCUT2D eigenvalue weighted by atomic mass is 15.6. The summed E-state index contributed by atoms with van der Waals surface area (Å²) in [7, 11) is 2.18. The summed E-state index contributed by atoms with van der Waals surface area (Å²) in [4.78, 5) is 4.87. The largest absolute Gasteiger partial charge is 0.309 e. The molecule has 5 heteroatoms. The molecule has 1 saturated heterocycles. The number of hydrogen-bond acceptors (Lipinski definition) is 5. The van der Waals surface area contributed by atoms with Gasteiger partial charge in [0.1, 0.15) is 5.66 Å². The van der Waals surface area contributed by atoms with Crippen LogP contribution in [0, 0.1) is 0 Å². The Kier molecular flexibility index (Phi) is 3.45. The number of likely N-dealkylation sites (N-methyl/N-ethyl adjacent to an activating group) is 1. The highest BCUT2D eigenvalue weighted by molar-refractivity contribution is 5.33. The fourth-order valence-electron chi connectivity index (χ4n) is 2.74. The molecule has 0 radical (unpaired) electrons. The first kappa shape index (κ1) is 12.9. The average molecular weight is 261 g/mol. The van der Waals surface area contributed by atoms with Crippen molar-refractivity contribution in [3.8, 4) is 0 Å². The van der Waals surface area contributed by atoms with Gasteiger partial charge in [0, 0.05) is 38.9 Å². The highest BCUT2D eigenvalue weighted by Gasteiger charge is 2.32. The van der Waals surface area contributed by atoms with E-state index in [1.54, 1.807) is 0 Å². The lowest BCUT2D eigenvalue weighted by Gasteiger charge is -2.34. The third-order valence-corrected chi connectivity index (χ3v) is 4.06. The van der Waals surface area contributed by atoms with Gasteiger partial charge in [-0.3, -0.25) is 5.01 Å². The maximum absolute atomic E-state index is 6.43. The average Bonchev–Trinajstić information content (AvgIpc) is 2.75. The molecule has 0 saturated carbocycles. The van der Waals surface area contributed by atoms with E-state index in [1.807, 2.05) is 23.4 Å². The maximum atomic E-state index is 6.43. The van der Waals surface area contributed by atoms with E-state index in [9.17, 15) is 0 Å². The Morgan fingerprint density at radius 1 is 1.26 bits per heavy atom. The van der Waals surface area contributed by atoms with E-state index in [-0.39, 0.29) is 0 Å². The van der Waals surface area contributed by atoms with E-state index >= 15 is 0 Å². The van der Waals surface area contributed by atoms with Gasteiger partial charge in [-0.15, -0.1) is 0 Å². The summed E-state index contributed by atoms with van der Waals surface area (Å²) in [6.07, 6.45) is 11.2. The summed E-state index contributed by atoms with van der Waals surface area (Å²) in [5.41, 5.74) is 10.5. The van der Waals surface area contributed by atoms with Crippen molar-refractivity contribution in [2.45, 2.75) is 12.1 Å². The van der Waals surface area contributed by atoms with Crippen LogP contribution in [0.2, 0.25) is 0 Å². The maximum Gasteiger partial charge on any atom is 0.107 e. The van der Waals surface area contributed by atoms with E-state index in [0.29, 0.717) is 0 Å². The molecule has 1 fully saturated rings. The summed E-state index contributed by atoms with van der Waals surface area (Å²) in [5, 5.41) is 2.00. The predicted octanol–water partition coefficient (Wildman–Crippen LogP) is 0.0665. The van der Waals surface area contributed by atoms with Gasteiger partial charge in [0.2, 0.25) is 0 Å². The van der Waals surface area contributed by atoms with Crippen LogP contribution < -0.4 is 11.2 Å². The second kappa shape index (κ2) is 5.09. The number of nitrogens with one attached hydrogen (secondary N) is 1. The smallest absolute Gasteiger partial charge is 0.107 e. The Labute approximate surface area is 115 Å². The van der Waals surface area contributed by atoms with Crippen LogP contribution in [0.4, 0.5) is 0 Å². The van der Waals surface area contributed by atoms with Crippen molar-refractivity contribution in [3.63, 3.8) is 0 Å². The van der Waals surface area contributed by atoms with Crippen molar-refractivity contribution in [1.29, 1.82) is 0 Å². The Morgan fingerprint density at radius 3 is 2.79 bits per heavy atom. The summed E-state index contributed by atoms with van der Waals surface area (Å²) in [6, 6.07) is 0. The molecule has 1 unspecified atom stereocenters. The molecule has 1 atom stereocenters. The van der Waals surface area contributed by atoms with Crippen LogP contribution >= 0.6 is 0 Å². The monoisotopic (exact) mass is 261 g/mol. The van der Waals surface area contributed by atoms with Gasteiger partial charge < -0.3 is 15.5 Å². The van der Waals surface area contributed by atoms with Crippen molar-refractivity contribution >= 4 is 0 Å². The number of hydrogen-bond donors (Lipinski definition) is 2. The lowest BCUT2D eigenvalue weighted by molar-refractivity contribution is 0.138. The Bertz CT molecular complexity index is 420. The number of nitrogens with two attached hydrogens (primary N) is 1. The van der Waals surface area contributed by atoms with E-state index in [4.69, 9.17) is 5.73 Å². The fraction of sp³-hybridized carbons (Fsp3) is 0.571. The number of rotatable bonds is 3. The summed E-state index contributed by atoms with van der Waals surface area (Å²) in [5.74, 6) is 0. The normalized spacial score (nSPS) is 31.7. The van der Waals surface area contributed by atoms with Crippen LogP contribution in [0.3, 0.4) is 0 Å². The molecule has 0 aliphatic carbocycles. The number of nitrogens with zero attached hydrogens (tertiary/aromatic N) is 3. The Balaban J connectivity index is 1.54. The lowest BCUT2D eigenvalue weighted by Crippen LogP contribution is -2.55. The van der Waals surface area contributed by atoms with Crippen molar-refractivity contribution in [2.24, 2.45) is 5.73 Å². The van der Waals surface area contributed by atoms with Crippen molar-refractivity contribution in [2.75, 3.05) is 39.8 Å². The highest BCUT2D eigenvalue weighted by Crippen LogP contribution is 2.23. The van der Waals surface area contributed by atoms with Gasteiger partial charge in [0.25, 0.3) is 0 Å². The summed E-state index contributed by atoms with van der Waals surface area (Å²) < 4.78 is 0. The van der Waals surface area contributed by atoms with Crippen LogP contribution in [-0.2, 0) is 0 Å². The van der Waals surface area contributed by atoms with Gasteiger partial charge >= 0.3 is 0 Å². The van der Waals surface area contributed by atoms with Crippen LogP contribution in [-0.4, -0.2) is 60.2 Å². The van der Waals surface area contributed by atoms with Crippen molar-refractivity contribution in [1.82, 2.24) is 20.2 Å². The van der Waals surface area contributed by atoms with Gasteiger partial charge in [-0.25, -0.2) is 5.43 Å². The molecular formula is C14H23N5. The molecule has 5 nitrogen and oxygen atoms in total. The van der Waals surface area contributed by atoms with Gasteiger partial charge in [0.05, 0.1) is 5.70 Å².